The topological polar surface area (TPSA) is 271 Å². The van der Waals surface area contributed by atoms with E-state index < -0.39 is 107 Å². The number of esters is 1. The Bertz CT molecular complexity index is 2450. The van der Waals surface area contributed by atoms with E-state index in [0.717, 1.165) is 12.8 Å². The van der Waals surface area contributed by atoms with Crippen LogP contribution in [0, 0.1) is 17.8 Å². The molecule has 4 aliphatic rings. The normalized spacial score (nSPS) is 36.7. The number of nitrogens with one attached hydrogen (secondary N) is 2. The Balaban J connectivity index is 1.05. The van der Waals surface area contributed by atoms with Crippen LogP contribution in [0.4, 0.5) is 5.69 Å². The van der Waals surface area contributed by atoms with Crippen LogP contribution in [0.2, 0.25) is 5.02 Å². The molecule has 82 heavy (non-hydrogen) atoms. The number of cyclic esters (lactones) is 1. The van der Waals surface area contributed by atoms with E-state index in [4.69, 9.17) is 54.2 Å². The average molecular weight is 1180 g/mol. The number of methoxy groups -OCH3 is 1. The van der Waals surface area contributed by atoms with E-state index in [0.29, 0.717) is 87.2 Å². The Labute approximate surface area is 489 Å². The van der Waals surface area contributed by atoms with Crippen molar-refractivity contribution in [2.45, 2.75) is 204 Å². The first-order valence-electron chi connectivity index (χ1n) is 29.4. The van der Waals surface area contributed by atoms with Crippen molar-refractivity contribution in [1.29, 1.82) is 0 Å². The number of hydrogen-bond donors (Lipinski definition) is 7. The number of fused-ring (bicyclic) bond motifs is 1. The van der Waals surface area contributed by atoms with E-state index >= 15 is 0 Å². The number of nitrogens with zero attached hydrogens (tertiary/aromatic N) is 3. The molecule has 6 rings (SSSR count). The lowest BCUT2D eigenvalue weighted by Crippen LogP contribution is -2.61. The SMILES string of the molecule is CC[C@H]1OC(=O)[C@H](C)[C@@H](O[C@H]2C[C@@](C)(OC)[C@@H](OCCNCCOCCOCCNc3cc4c(=O)c(C(=O)O)cn(C5CC5)c4cc3Cl)[C@H](C)O2)[C@H](C)[C@@H](O[C@@H]2O[C@H](C)C[C@H](N(C)C)[C@H]2O)[C@](C)(O)C[C@@H](C)CN(C)[C@H](C)[C@@H](O)[C@]1(C)O. The second-order valence-corrected chi connectivity index (χ2v) is 25.0. The molecule has 1 saturated carbocycles. The van der Waals surface area contributed by atoms with Gasteiger partial charge < -0.3 is 93.2 Å². The lowest BCUT2D eigenvalue weighted by atomic mass is 9.77. The molecule has 2 aromatic rings. The van der Waals surface area contributed by atoms with Crippen LogP contribution in [0.15, 0.2) is 23.1 Å². The maximum Gasteiger partial charge on any atom is 0.341 e. The molecule has 18 atom stereocenters. The van der Waals surface area contributed by atoms with Gasteiger partial charge in [-0.05, 0) is 120 Å². The number of carboxylic acid groups (broad SMARTS) is 1. The molecule has 1 aromatic heterocycles. The number of carbonyl (C=O) groups is 2. The summed E-state index contributed by atoms with van der Waals surface area (Å²) in [6, 6.07) is 2.59. The Hall–Kier alpha value is -3.14. The van der Waals surface area contributed by atoms with Gasteiger partial charge in [-0.2, -0.15) is 0 Å². The molecule has 468 valence electrons. The van der Waals surface area contributed by atoms with Crippen molar-refractivity contribution in [3.8, 4) is 0 Å². The van der Waals surface area contributed by atoms with Crippen LogP contribution in [0.5, 0.6) is 0 Å². The van der Waals surface area contributed by atoms with Gasteiger partial charge in [-0.3, -0.25) is 9.59 Å². The summed E-state index contributed by atoms with van der Waals surface area (Å²) >= 11 is 6.59. The zero-order valence-corrected chi connectivity index (χ0v) is 51.7. The highest BCUT2D eigenvalue weighted by molar-refractivity contribution is 6.34. The van der Waals surface area contributed by atoms with Crippen molar-refractivity contribution >= 4 is 40.1 Å². The van der Waals surface area contributed by atoms with Gasteiger partial charge in [0, 0.05) is 75.3 Å². The van der Waals surface area contributed by atoms with Crippen molar-refractivity contribution in [2.24, 2.45) is 17.8 Å². The van der Waals surface area contributed by atoms with Crippen LogP contribution >= 0.6 is 11.6 Å². The van der Waals surface area contributed by atoms with Crippen LogP contribution in [0.1, 0.15) is 124 Å². The van der Waals surface area contributed by atoms with Gasteiger partial charge in [0.15, 0.2) is 12.6 Å². The minimum Gasteiger partial charge on any atom is -0.477 e. The van der Waals surface area contributed by atoms with Gasteiger partial charge in [-0.1, -0.05) is 32.4 Å². The lowest BCUT2D eigenvalue weighted by molar-refractivity contribution is -0.320. The smallest absolute Gasteiger partial charge is 0.341 e. The van der Waals surface area contributed by atoms with Gasteiger partial charge in [0.2, 0.25) is 5.43 Å². The molecule has 7 N–H and O–H groups in total. The number of hydrogen-bond acceptors (Lipinski definition) is 20. The van der Waals surface area contributed by atoms with E-state index in [1.807, 2.05) is 70.1 Å². The van der Waals surface area contributed by atoms with E-state index in [1.54, 1.807) is 46.9 Å². The number of aliphatic hydroxyl groups excluding tert-OH is 2. The molecule has 3 aliphatic heterocycles. The molecule has 0 bridgehead atoms. The van der Waals surface area contributed by atoms with E-state index in [2.05, 4.69) is 10.6 Å². The Morgan fingerprint density at radius 1 is 0.902 bits per heavy atom. The maximum atomic E-state index is 14.6. The quantitative estimate of drug-likeness (QED) is 0.0589. The third-order valence-corrected chi connectivity index (χ3v) is 17.7. The van der Waals surface area contributed by atoms with Crippen LogP contribution in [0.25, 0.3) is 10.9 Å². The summed E-state index contributed by atoms with van der Waals surface area (Å²) < 4.78 is 58.9. The zero-order chi connectivity index (χ0) is 60.6. The first-order chi connectivity index (χ1) is 38.6. The highest BCUT2D eigenvalue weighted by atomic mass is 35.5. The van der Waals surface area contributed by atoms with E-state index in [9.17, 15) is 39.9 Å². The molecular formula is C59H98ClN5O17. The van der Waals surface area contributed by atoms with Gasteiger partial charge in [0.1, 0.15) is 35.6 Å². The third kappa shape index (κ3) is 16.7. The maximum absolute atomic E-state index is 14.6. The number of halogens is 1. The minimum atomic E-state index is -1.84. The first-order valence-corrected chi connectivity index (χ1v) is 29.8. The summed E-state index contributed by atoms with van der Waals surface area (Å²) in [5, 5.41) is 65.1. The summed E-state index contributed by atoms with van der Waals surface area (Å²) in [4.78, 5) is 43.3. The largest absolute Gasteiger partial charge is 0.477 e. The fraction of sp³-hybridized carbons (Fsp3) is 0.814. The van der Waals surface area contributed by atoms with Gasteiger partial charge in [-0.15, -0.1) is 0 Å². The zero-order valence-electron chi connectivity index (χ0n) is 50.9. The summed E-state index contributed by atoms with van der Waals surface area (Å²) in [7, 11) is 7.22. The summed E-state index contributed by atoms with van der Waals surface area (Å²) in [6.07, 6.45) is -4.71. The van der Waals surface area contributed by atoms with Crippen LogP contribution < -0.4 is 16.1 Å². The number of carbonyl (C=O) groups excluding carboxylic acids is 1. The molecule has 3 saturated heterocycles. The van der Waals surface area contributed by atoms with Crippen molar-refractivity contribution in [1.82, 2.24) is 19.7 Å². The molecule has 1 aromatic carbocycles. The second kappa shape index (κ2) is 29.5. The van der Waals surface area contributed by atoms with Gasteiger partial charge in [0.05, 0.1) is 90.8 Å². The summed E-state index contributed by atoms with van der Waals surface area (Å²) in [5.74, 6) is -3.97. The number of anilines is 1. The number of aromatic nitrogens is 1. The fourth-order valence-corrected chi connectivity index (χ4v) is 12.7. The highest BCUT2D eigenvalue weighted by Gasteiger charge is 2.53. The number of pyridine rings is 1. The highest BCUT2D eigenvalue weighted by Crippen LogP contribution is 2.42. The molecule has 23 heteroatoms. The number of likely N-dealkylation sites (N-methyl/N-ethyl adjacent to an activating group) is 2. The van der Waals surface area contributed by atoms with E-state index in [-0.39, 0.29) is 48.9 Å². The predicted molar refractivity (Wildman–Crippen MR) is 309 cm³/mol. The van der Waals surface area contributed by atoms with Crippen LogP contribution in [-0.2, 0) is 47.4 Å². The molecule has 4 heterocycles. The monoisotopic (exact) mass is 1180 g/mol. The number of benzene rings is 1. The van der Waals surface area contributed by atoms with E-state index in [1.165, 1.54) is 13.1 Å². The van der Waals surface area contributed by atoms with Gasteiger partial charge in [-0.25, -0.2) is 4.79 Å². The molecule has 0 spiro atoms. The Morgan fingerprint density at radius 3 is 2.18 bits per heavy atom. The standard InChI is InChI=1S/C59H98ClN5O17/c1-15-46-59(10,73)51(68)37(6)64(13)31-33(2)29-57(8,72)52(82-56-49(67)45(63(11)12)26-34(3)78-56)35(4)50(36(5)55(71)80-46)81-47-30-58(9,74-14)53(38(7)79-47)77-23-19-61-18-21-75-24-25-76-22-20-62-43-27-40-44(28-42(43)60)65(39-16-17-39)32-41(48(40)66)54(69)70/h27-28,32-39,45-47,49-53,56,61-62,67-68,72-73H,15-26,29-31H2,1-14H3,(H,69,70)/t33-,34-,35+,36-,37-,38+,45+,46-,47+,49-,50+,51-,52-,53+,56+,57-,58-,59-/m1/s1. The number of ether oxygens (including phenoxy) is 9. The Kier molecular flexibility index (Phi) is 24.5. The number of aliphatic hydroxyl groups is 4. The molecule has 0 unspecified atom stereocenters. The van der Waals surface area contributed by atoms with Gasteiger partial charge >= 0.3 is 11.9 Å². The van der Waals surface area contributed by atoms with Crippen molar-refractivity contribution in [3.63, 3.8) is 0 Å². The number of aromatic carboxylic acids is 1. The number of rotatable bonds is 23. The number of carboxylic acids is 1. The predicted octanol–water partition coefficient (Wildman–Crippen LogP) is 4.66. The van der Waals surface area contributed by atoms with Crippen LogP contribution in [0.3, 0.4) is 0 Å². The summed E-state index contributed by atoms with van der Waals surface area (Å²) in [5.41, 5.74) is -4.06. The van der Waals surface area contributed by atoms with Crippen LogP contribution in [-0.4, -0.2) is 230 Å². The second-order valence-electron chi connectivity index (χ2n) is 24.6. The van der Waals surface area contributed by atoms with Gasteiger partial charge in [0.25, 0.3) is 0 Å². The molecule has 1 aliphatic carbocycles. The lowest BCUT2D eigenvalue weighted by Gasteiger charge is -2.49. The first kappa shape index (κ1) is 68.0. The molecule has 0 radical (unpaired) electrons. The Morgan fingerprint density at radius 2 is 1.56 bits per heavy atom. The molecular weight excluding hydrogens is 1090 g/mol. The molecule has 22 nitrogen and oxygen atoms in total. The molecule has 0 amide bonds. The fourth-order valence-electron chi connectivity index (χ4n) is 12.5. The van der Waals surface area contributed by atoms with Crippen molar-refractivity contribution in [2.75, 3.05) is 92.8 Å². The van der Waals surface area contributed by atoms with Crippen molar-refractivity contribution < 1.29 is 77.8 Å². The minimum absolute atomic E-state index is 0.151. The third-order valence-electron chi connectivity index (χ3n) is 17.4. The van der Waals surface area contributed by atoms with Crippen molar-refractivity contribution in [3.05, 3.63) is 39.1 Å². The average Bonchev–Trinajstić information content (AvgIpc) is 4.34. The summed E-state index contributed by atoms with van der Waals surface area (Å²) in [6.45, 7) is 21.6. The molecule has 4 fully saturated rings.